The van der Waals surface area contributed by atoms with Gasteiger partial charge in [-0.25, -0.2) is 30.9 Å². The second-order valence-electron chi connectivity index (χ2n) is 8.72. The van der Waals surface area contributed by atoms with Crippen LogP contribution in [0.2, 0.25) is 0 Å². The standard InChI is InChI=1S/C27H14F8N3/c28-21-18(22(29)24(31)25(32)23(21)30)11-38-19-4-2-1-3-16(19)17-9-10-36-13-37(12-20(36)26(17)38)15-7-5-14(6-8-15)27(33,34)35/h1-10,12-13H,11H2/q+1. The quantitative estimate of drug-likeness (QED) is 0.100. The fraction of sp³-hybridized carbons (Fsp3) is 0.0741. The molecule has 0 aliphatic rings. The number of rotatable bonds is 3. The lowest BCUT2D eigenvalue weighted by atomic mass is 10.1. The second kappa shape index (κ2) is 8.30. The molecule has 38 heavy (non-hydrogen) atoms. The van der Waals surface area contributed by atoms with Crippen molar-refractivity contribution in [2.75, 3.05) is 0 Å². The molecule has 11 heteroatoms. The van der Waals surface area contributed by atoms with E-state index in [-0.39, 0.29) is 0 Å². The molecular weight excluding hydrogens is 518 g/mol. The largest absolute Gasteiger partial charge is 0.416 e. The third kappa shape index (κ3) is 3.52. The van der Waals surface area contributed by atoms with Crippen LogP contribution in [0.3, 0.4) is 0 Å². The van der Waals surface area contributed by atoms with E-state index in [0.29, 0.717) is 33.0 Å². The van der Waals surface area contributed by atoms with E-state index >= 15 is 0 Å². The van der Waals surface area contributed by atoms with Gasteiger partial charge in [-0.3, -0.25) is 0 Å². The van der Waals surface area contributed by atoms with Gasteiger partial charge in [0.15, 0.2) is 28.8 Å². The number of halogens is 8. The van der Waals surface area contributed by atoms with Gasteiger partial charge in [-0.05, 0) is 36.4 Å². The number of hydrogen-bond acceptors (Lipinski definition) is 0. The van der Waals surface area contributed by atoms with Crippen LogP contribution < -0.4 is 4.40 Å². The SMILES string of the molecule is Fc1c(F)c(F)c(Cn2c3ccccc3c3cc[n+]4cn(-c5ccc(C(F)(F)F)cc5)cc4c32)c(F)c1F. The van der Waals surface area contributed by atoms with E-state index in [1.807, 2.05) is 0 Å². The molecule has 0 unspecified atom stereocenters. The summed E-state index contributed by atoms with van der Waals surface area (Å²) < 4.78 is 114. The van der Waals surface area contributed by atoms with Gasteiger partial charge in [0.2, 0.25) is 5.82 Å². The highest BCUT2D eigenvalue weighted by Gasteiger charge is 2.31. The Hall–Kier alpha value is -4.41. The third-order valence-corrected chi connectivity index (χ3v) is 6.55. The first-order valence-electron chi connectivity index (χ1n) is 11.2. The normalized spacial score (nSPS) is 12.3. The Morgan fingerprint density at radius 3 is 2.00 bits per heavy atom. The maximum absolute atomic E-state index is 14.6. The molecule has 0 aliphatic carbocycles. The van der Waals surface area contributed by atoms with Crippen molar-refractivity contribution in [3.63, 3.8) is 0 Å². The van der Waals surface area contributed by atoms with Gasteiger partial charge in [-0.2, -0.15) is 13.2 Å². The number of nitrogens with zero attached hydrogens (tertiary/aromatic N) is 3. The van der Waals surface area contributed by atoms with Crippen LogP contribution in [0, 0.1) is 29.1 Å². The van der Waals surface area contributed by atoms with Crippen LogP contribution in [-0.2, 0) is 12.7 Å². The lowest BCUT2D eigenvalue weighted by Gasteiger charge is -2.11. The number of aromatic nitrogens is 3. The molecule has 0 amide bonds. The van der Waals surface area contributed by atoms with Crippen molar-refractivity contribution < 1.29 is 39.5 Å². The van der Waals surface area contributed by atoms with Crippen LogP contribution in [0.1, 0.15) is 11.1 Å². The third-order valence-electron chi connectivity index (χ3n) is 6.55. The number of fused-ring (bicyclic) bond motifs is 5. The Morgan fingerprint density at radius 2 is 1.34 bits per heavy atom. The van der Waals surface area contributed by atoms with Crippen LogP contribution in [-0.4, -0.2) is 9.13 Å². The maximum Gasteiger partial charge on any atom is 0.416 e. The molecular formula is C27H14F8N3+. The Bertz CT molecular complexity index is 1850. The van der Waals surface area contributed by atoms with Crippen LogP contribution in [0.5, 0.6) is 0 Å². The number of pyridine rings is 1. The fourth-order valence-electron chi connectivity index (χ4n) is 4.74. The minimum atomic E-state index is -4.49. The zero-order valence-corrected chi connectivity index (χ0v) is 19.0. The van der Waals surface area contributed by atoms with Crippen molar-refractivity contribution in [1.29, 1.82) is 0 Å². The first kappa shape index (κ1) is 24.0. The van der Waals surface area contributed by atoms with E-state index in [0.717, 1.165) is 12.1 Å². The molecule has 0 N–H and O–H groups in total. The van der Waals surface area contributed by atoms with Gasteiger partial charge < -0.3 is 4.57 Å². The van der Waals surface area contributed by atoms with Crippen LogP contribution >= 0.6 is 0 Å². The summed E-state index contributed by atoms with van der Waals surface area (Å²) in [5, 5.41) is 1.32. The minimum absolute atomic E-state index is 0.414. The summed E-state index contributed by atoms with van der Waals surface area (Å²) >= 11 is 0. The summed E-state index contributed by atoms with van der Waals surface area (Å²) in [6.07, 6.45) is 0.412. The number of imidazole rings is 1. The van der Waals surface area contributed by atoms with Gasteiger partial charge in [0.25, 0.3) is 6.33 Å². The molecule has 6 rings (SSSR count). The zero-order valence-electron chi connectivity index (χ0n) is 19.0. The summed E-state index contributed by atoms with van der Waals surface area (Å²) in [4.78, 5) is 0. The zero-order chi connectivity index (χ0) is 26.9. The first-order valence-corrected chi connectivity index (χ1v) is 11.2. The van der Waals surface area contributed by atoms with Crippen molar-refractivity contribution >= 4 is 27.3 Å². The van der Waals surface area contributed by atoms with Crippen molar-refractivity contribution in [2.24, 2.45) is 0 Å². The highest BCUT2D eigenvalue weighted by molar-refractivity contribution is 6.11. The smallest absolute Gasteiger partial charge is 0.332 e. The van der Waals surface area contributed by atoms with E-state index in [2.05, 4.69) is 0 Å². The summed E-state index contributed by atoms with van der Waals surface area (Å²) in [5.41, 5.74) is 0.0223. The predicted molar refractivity (Wildman–Crippen MR) is 122 cm³/mol. The van der Waals surface area contributed by atoms with Crippen LogP contribution in [0.15, 0.2) is 73.3 Å². The molecule has 3 heterocycles. The molecule has 3 nitrogen and oxygen atoms in total. The highest BCUT2D eigenvalue weighted by Crippen LogP contribution is 2.34. The first-order chi connectivity index (χ1) is 18.1. The Kier molecular flexibility index (Phi) is 5.23. The number of alkyl halides is 3. The topological polar surface area (TPSA) is 14.0 Å². The molecule has 0 radical (unpaired) electrons. The van der Waals surface area contributed by atoms with Gasteiger partial charge in [0, 0.05) is 21.9 Å². The molecule has 0 spiro atoms. The summed E-state index contributed by atoms with van der Waals surface area (Å²) in [7, 11) is 0. The number of benzene rings is 3. The summed E-state index contributed by atoms with van der Waals surface area (Å²) in [6.45, 7) is -0.666. The highest BCUT2D eigenvalue weighted by atomic mass is 19.4. The van der Waals surface area contributed by atoms with Gasteiger partial charge in [-0.1, -0.05) is 18.2 Å². The lowest BCUT2D eigenvalue weighted by molar-refractivity contribution is -0.510. The van der Waals surface area contributed by atoms with Crippen molar-refractivity contribution in [3.8, 4) is 5.69 Å². The molecule has 192 valence electrons. The molecule has 0 fully saturated rings. The summed E-state index contributed by atoms with van der Waals surface area (Å²) in [6, 6.07) is 13.1. The van der Waals surface area contributed by atoms with Crippen molar-refractivity contribution in [2.45, 2.75) is 12.7 Å². The van der Waals surface area contributed by atoms with E-state index < -0.39 is 52.9 Å². The average molecular weight is 532 g/mol. The Morgan fingerprint density at radius 1 is 0.711 bits per heavy atom. The van der Waals surface area contributed by atoms with Gasteiger partial charge in [0.1, 0.15) is 17.4 Å². The van der Waals surface area contributed by atoms with Crippen molar-refractivity contribution in [1.82, 2.24) is 9.13 Å². The number of hydrogen-bond donors (Lipinski definition) is 0. The Labute approximate surface area is 208 Å². The minimum Gasteiger partial charge on any atom is -0.332 e. The molecule has 0 atom stereocenters. The maximum atomic E-state index is 14.6. The predicted octanol–water partition coefficient (Wildman–Crippen LogP) is 7.09. The monoisotopic (exact) mass is 532 g/mol. The molecule has 0 aliphatic heterocycles. The molecule has 0 bridgehead atoms. The van der Waals surface area contributed by atoms with Gasteiger partial charge in [-0.15, -0.1) is 0 Å². The fourth-order valence-corrected chi connectivity index (χ4v) is 4.74. The van der Waals surface area contributed by atoms with Gasteiger partial charge >= 0.3 is 6.18 Å². The van der Waals surface area contributed by atoms with E-state index in [1.54, 1.807) is 58.0 Å². The van der Waals surface area contributed by atoms with Crippen molar-refractivity contribution in [3.05, 3.63) is 114 Å². The average Bonchev–Trinajstić information content (AvgIpc) is 3.48. The lowest BCUT2D eigenvalue weighted by Crippen LogP contribution is -2.18. The van der Waals surface area contributed by atoms with Crippen LogP contribution in [0.4, 0.5) is 35.1 Å². The molecule has 0 saturated carbocycles. The molecule has 6 aromatic rings. The van der Waals surface area contributed by atoms with Crippen LogP contribution in [0.25, 0.3) is 33.0 Å². The molecule has 3 aromatic carbocycles. The number of para-hydroxylation sites is 1. The summed E-state index contributed by atoms with van der Waals surface area (Å²) in [5.74, 6) is -10.2. The Balaban J connectivity index is 1.59. The molecule has 0 saturated heterocycles. The van der Waals surface area contributed by atoms with E-state index in [1.165, 1.54) is 16.7 Å². The second-order valence-corrected chi connectivity index (χ2v) is 8.72. The molecule has 3 aromatic heterocycles. The van der Waals surface area contributed by atoms with Gasteiger partial charge in [0.05, 0.1) is 18.3 Å². The van der Waals surface area contributed by atoms with E-state index in [9.17, 15) is 35.1 Å². The van der Waals surface area contributed by atoms with E-state index in [4.69, 9.17) is 0 Å².